The van der Waals surface area contributed by atoms with Gasteiger partial charge in [-0.05, 0) is 17.7 Å². The van der Waals surface area contributed by atoms with Crippen molar-refractivity contribution >= 4 is 17.7 Å². The van der Waals surface area contributed by atoms with Gasteiger partial charge < -0.3 is 10.2 Å². The molecular formula is C15H14N4O2S. The number of amides is 1. The van der Waals surface area contributed by atoms with Gasteiger partial charge in [-0.25, -0.2) is 0 Å². The smallest absolute Gasteiger partial charge is 0.227 e. The van der Waals surface area contributed by atoms with Crippen LogP contribution in [0.4, 0.5) is 0 Å². The zero-order chi connectivity index (χ0) is 15.4. The van der Waals surface area contributed by atoms with Crippen LogP contribution in [0.5, 0.6) is 0 Å². The molecule has 1 amide bonds. The molecule has 2 heterocycles. The van der Waals surface area contributed by atoms with Crippen molar-refractivity contribution in [3.8, 4) is 11.6 Å². The Morgan fingerprint density at radius 1 is 1.18 bits per heavy atom. The maximum Gasteiger partial charge on any atom is 0.227 e. The molecule has 2 aromatic heterocycles. The average Bonchev–Trinajstić information content (AvgIpc) is 3.16. The summed E-state index contributed by atoms with van der Waals surface area (Å²) in [5.74, 6) is 1.03. The van der Waals surface area contributed by atoms with Gasteiger partial charge in [0.25, 0.3) is 0 Å². The van der Waals surface area contributed by atoms with Crippen LogP contribution in [0.15, 0.2) is 58.3 Å². The lowest BCUT2D eigenvalue weighted by Crippen LogP contribution is -2.14. The second-order valence-corrected chi connectivity index (χ2v) is 5.55. The predicted octanol–water partition coefficient (Wildman–Crippen LogP) is 2.16. The fraction of sp³-hybridized carbons (Fsp3) is 0.133. The highest BCUT2D eigenvalue weighted by Gasteiger charge is 2.17. The van der Waals surface area contributed by atoms with Gasteiger partial charge in [0.15, 0.2) is 10.9 Å². The molecule has 0 unspecified atom stereocenters. The number of nitrogens with zero attached hydrogens (tertiary/aromatic N) is 3. The molecule has 0 saturated carbocycles. The van der Waals surface area contributed by atoms with Gasteiger partial charge in [-0.2, -0.15) is 0 Å². The molecule has 7 heteroatoms. The lowest BCUT2D eigenvalue weighted by Gasteiger charge is -2.08. The standard InChI is InChI=1S/C15H14N4O2S/c16-13(20)10-22-15-18-17-14(12-7-4-8-21-12)19(15)9-11-5-2-1-3-6-11/h1-8H,9-10H2,(H2,16,20). The number of carbonyl (C=O) groups is 1. The van der Waals surface area contributed by atoms with Gasteiger partial charge in [0.1, 0.15) is 0 Å². The molecule has 0 aliphatic rings. The third kappa shape index (κ3) is 3.20. The molecule has 3 rings (SSSR count). The highest BCUT2D eigenvalue weighted by Crippen LogP contribution is 2.25. The van der Waals surface area contributed by atoms with Crippen LogP contribution in [0.25, 0.3) is 11.6 Å². The first-order valence-corrected chi connectivity index (χ1v) is 7.64. The summed E-state index contributed by atoms with van der Waals surface area (Å²) >= 11 is 1.27. The Hall–Kier alpha value is -2.54. The minimum absolute atomic E-state index is 0.158. The topological polar surface area (TPSA) is 86.9 Å². The molecule has 112 valence electrons. The molecule has 0 aliphatic heterocycles. The van der Waals surface area contributed by atoms with Gasteiger partial charge in [-0.1, -0.05) is 42.1 Å². The number of rotatable bonds is 6. The molecule has 2 N–H and O–H groups in total. The lowest BCUT2D eigenvalue weighted by atomic mass is 10.2. The van der Waals surface area contributed by atoms with Gasteiger partial charge >= 0.3 is 0 Å². The maximum atomic E-state index is 11.0. The molecule has 0 bridgehead atoms. The van der Waals surface area contributed by atoms with E-state index in [1.807, 2.05) is 41.0 Å². The van der Waals surface area contributed by atoms with Gasteiger partial charge in [-0.15, -0.1) is 10.2 Å². The van der Waals surface area contributed by atoms with Crippen LogP contribution >= 0.6 is 11.8 Å². The van der Waals surface area contributed by atoms with Crippen LogP contribution in [-0.2, 0) is 11.3 Å². The summed E-state index contributed by atoms with van der Waals surface area (Å²) in [7, 11) is 0. The first kappa shape index (κ1) is 14.4. The van der Waals surface area contributed by atoms with Crippen molar-refractivity contribution in [1.29, 1.82) is 0 Å². The third-order valence-corrected chi connectivity index (χ3v) is 3.97. The Bertz CT molecular complexity index is 753. The number of hydrogen-bond donors (Lipinski definition) is 1. The second-order valence-electron chi connectivity index (χ2n) is 4.61. The lowest BCUT2D eigenvalue weighted by molar-refractivity contribution is -0.115. The molecule has 0 atom stereocenters. The van der Waals surface area contributed by atoms with Crippen molar-refractivity contribution in [2.24, 2.45) is 5.73 Å². The van der Waals surface area contributed by atoms with Crippen LogP contribution in [0.3, 0.4) is 0 Å². The highest BCUT2D eigenvalue weighted by atomic mass is 32.2. The monoisotopic (exact) mass is 314 g/mol. The Morgan fingerprint density at radius 2 is 2.00 bits per heavy atom. The molecule has 1 aromatic carbocycles. The van der Waals surface area contributed by atoms with Gasteiger partial charge in [0, 0.05) is 0 Å². The predicted molar refractivity (Wildman–Crippen MR) is 83.2 cm³/mol. The van der Waals surface area contributed by atoms with Crippen molar-refractivity contribution in [2.45, 2.75) is 11.7 Å². The van der Waals surface area contributed by atoms with E-state index in [0.29, 0.717) is 23.3 Å². The Labute approximate surface area is 131 Å². The van der Waals surface area contributed by atoms with Crippen molar-refractivity contribution in [3.05, 3.63) is 54.3 Å². The van der Waals surface area contributed by atoms with Crippen LogP contribution < -0.4 is 5.73 Å². The summed E-state index contributed by atoms with van der Waals surface area (Å²) in [6.45, 7) is 0.588. The van der Waals surface area contributed by atoms with E-state index in [0.717, 1.165) is 5.56 Å². The van der Waals surface area contributed by atoms with Gasteiger partial charge in [-0.3, -0.25) is 9.36 Å². The SMILES string of the molecule is NC(=O)CSc1nnc(-c2ccco2)n1Cc1ccccc1. The number of thioether (sulfide) groups is 1. The fourth-order valence-corrected chi connectivity index (χ4v) is 2.70. The van der Waals surface area contributed by atoms with E-state index in [1.54, 1.807) is 12.3 Å². The second kappa shape index (κ2) is 6.48. The molecule has 0 saturated heterocycles. The van der Waals surface area contributed by atoms with Crippen LogP contribution in [0.1, 0.15) is 5.56 Å². The molecule has 0 spiro atoms. The van der Waals surface area contributed by atoms with Gasteiger partial charge in [0.05, 0.1) is 18.6 Å². The number of hydrogen-bond acceptors (Lipinski definition) is 5. The van der Waals surface area contributed by atoms with Crippen molar-refractivity contribution in [2.75, 3.05) is 5.75 Å². The van der Waals surface area contributed by atoms with Gasteiger partial charge in [0.2, 0.25) is 11.7 Å². The van der Waals surface area contributed by atoms with Crippen molar-refractivity contribution in [3.63, 3.8) is 0 Å². The Balaban J connectivity index is 1.95. The number of carbonyl (C=O) groups excluding carboxylic acids is 1. The van der Waals surface area contributed by atoms with E-state index in [1.165, 1.54) is 11.8 Å². The Morgan fingerprint density at radius 3 is 2.68 bits per heavy atom. The van der Waals surface area contributed by atoms with Crippen molar-refractivity contribution < 1.29 is 9.21 Å². The average molecular weight is 314 g/mol. The number of benzene rings is 1. The summed E-state index contributed by atoms with van der Waals surface area (Å²) in [5.41, 5.74) is 6.32. The zero-order valence-electron chi connectivity index (χ0n) is 11.7. The molecule has 3 aromatic rings. The molecule has 6 nitrogen and oxygen atoms in total. The summed E-state index contributed by atoms with van der Waals surface area (Å²) in [5, 5.41) is 8.96. The molecular weight excluding hydrogens is 300 g/mol. The van der Waals surface area contributed by atoms with Crippen LogP contribution in [0, 0.1) is 0 Å². The van der Waals surface area contributed by atoms with Crippen LogP contribution in [0.2, 0.25) is 0 Å². The maximum absolute atomic E-state index is 11.0. The highest BCUT2D eigenvalue weighted by molar-refractivity contribution is 7.99. The quantitative estimate of drug-likeness (QED) is 0.705. The summed E-state index contributed by atoms with van der Waals surface area (Å²) in [4.78, 5) is 11.0. The van der Waals surface area contributed by atoms with E-state index in [4.69, 9.17) is 10.2 Å². The minimum atomic E-state index is -0.390. The fourth-order valence-electron chi connectivity index (χ4n) is 2.03. The summed E-state index contributed by atoms with van der Waals surface area (Å²) in [6, 6.07) is 13.6. The van der Waals surface area contributed by atoms with E-state index in [-0.39, 0.29) is 11.7 Å². The van der Waals surface area contributed by atoms with E-state index in [9.17, 15) is 4.79 Å². The molecule has 0 radical (unpaired) electrons. The summed E-state index contributed by atoms with van der Waals surface area (Å²) in [6.07, 6.45) is 1.59. The van der Waals surface area contributed by atoms with E-state index in [2.05, 4.69) is 10.2 Å². The van der Waals surface area contributed by atoms with Crippen LogP contribution in [-0.4, -0.2) is 26.4 Å². The number of nitrogens with two attached hydrogens (primary N) is 1. The van der Waals surface area contributed by atoms with E-state index < -0.39 is 0 Å². The third-order valence-electron chi connectivity index (χ3n) is 2.99. The minimum Gasteiger partial charge on any atom is -0.461 e. The largest absolute Gasteiger partial charge is 0.461 e. The Kier molecular flexibility index (Phi) is 4.24. The summed E-state index contributed by atoms with van der Waals surface area (Å²) < 4.78 is 7.33. The first-order chi connectivity index (χ1) is 10.7. The first-order valence-electron chi connectivity index (χ1n) is 6.66. The van der Waals surface area contributed by atoms with E-state index >= 15 is 0 Å². The number of primary amides is 1. The van der Waals surface area contributed by atoms with Crippen molar-refractivity contribution in [1.82, 2.24) is 14.8 Å². The number of furan rings is 1. The molecule has 0 fully saturated rings. The molecule has 0 aliphatic carbocycles. The number of aromatic nitrogens is 3. The zero-order valence-corrected chi connectivity index (χ0v) is 12.5. The molecule has 22 heavy (non-hydrogen) atoms. The normalized spacial score (nSPS) is 10.7.